The van der Waals surface area contributed by atoms with Gasteiger partial charge in [0, 0.05) is 12.1 Å². The molecule has 0 amide bonds. The average Bonchev–Trinajstić information content (AvgIpc) is 2.97. The van der Waals surface area contributed by atoms with E-state index in [-0.39, 0.29) is 10.6 Å². The number of nitrogens with zero attached hydrogens (tertiary/aromatic N) is 1. The Bertz CT molecular complexity index is 910. The van der Waals surface area contributed by atoms with Crippen molar-refractivity contribution in [2.75, 3.05) is 0 Å². The summed E-state index contributed by atoms with van der Waals surface area (Å²) in [5.74, 6) is 2.86. The summed E-state index contributed by atoms with van der Waals surface area (Å²) in [6, 6.07) is 12.5. The number of nitro benzene ring substituents is 1. The number of benzene rings is 2. The summed E-state index contributed by atoms with van der Waals surface area (Å²) >= 11 is 0. The largest absolute Gasteiger partial charge is 0.269 e. The number of hydrogen-bond donors (Lipinski definition) is 0. The van der Waals surface area contributed by atoms with Gasteiger partial charge in [-0.1, -0.05) is 18.2 Å². The van der Waals surface area contributed by atoms with Gasteiger partial charge in [0.05, 0.1) is 4.92 Å². The van der Waals surface area contributed by atoms with E-state index in [9.17, 15) is 10.1 Å². The van der Waals surface area contributed by atoms with Gasteiger partial charge in [0.25, 0.3) is 5.69 Å². The van der Waals surface area contributed by atoms with Gasteiger partial charge in [-0.25, -0.2) is 0 Å². The summed E-state index contributed by atoms with van der Waals surface area (Å²) in [5.41, 5.74) is 7.12. The fourth-order valence-corrected chi connectivity index (χ4v) is 7.10. The number of non-ortho nitro benzene ring substituents is 1. The van der Waals surface area contributed by atoms with Crippen molar-refractivity contribution in [3.05, 3.63) is 63.2 Å². The fourth-order valence-electron chi connectivity index (χ4n) is 7.10. The Morgan fingerprint density at radius 1 is 0.846 bits per heavy atom. The molecule has 3 heteroatoms. The molecule has 2 aromatic rings. The molecule has 5 aliphatic carbocycles. The third kappa shape index (κ3) is 2.00. The van der Waals surface area contributed by atoms with E-state index in [2.05, 4.69) is 18.2 Å². The molecule has 4 saturated carbocycles. The maximum Gasteiger partial charge on any atom is 0.269 e. The number of nitro groups is 1. The maximum atomic E-state index is 11.1. The average molecular weight is 345 g/mol. The summed E-state index contributed by atoms with van der Waals surface area (Å²) in [7, 11) is 0. The molecule has 0 unspecified atom stereocenters. The molecule has 0 N–H and O–H groups in total. The molecule has 0 atom stereocenters. The van der Waals surface area contributed by atoms with Crippen LogP contribution in [0.2, 0.25) is 0 Å². The lowest BCUT2D eigenvalue weighted by Crippen LogP contribution is -2.48. The first-order valence-corrected chi connectivity index (χ1v) is 10.0. The van der Waals surface area contributed by atoms with Crippen LogP contribution in [0.5, 0.6) is 0 Å². The first kappa shape index (κ1) is 15.0. The third-order valence-corrected chi connectivity index (χ3v) is 7.73. The summed E-state index contributed by atoms with van der Waals surface area (Å²) in [6.45, 7) is 0. The molecule has 0 aromatic heterocycles. The van der Waals surface area contributed by atoms with E-state index in [1.54, 1.807) is 17.7 Å². The molecule has 3 nitrogen and oxygen atoms in total. The molecule has 4 bridgehead atoms. The van der Waals surface area contributed by atoms with E-state index < -0.39 is 0 Å². The summed E-state index contributed by atoms with van der Waals surface area (Å²) in [6.07, 6.45) is 9.41. The second kappa shape index (κ2) is 4.97. The third-order valence-electron chi connectivity index (χ3n) is 7.73. The van der Waals surface area contributed by atoms with E-state index >= 15 is 0 Å². The molecular weight excluding hydrogens is 322 g/mol. The van der Waals surface area contributed by atoms with Crippen LogP contribution in [-0.2, 0) is 11.8 Å². The van der Waals surface area contributed by atoms with Crippen molar-refractivity contribution in [2.45, 2.75) is 50.4 Å². The zero-order valence-corrected chi connectivity index (χ0v) is 14.9. The highest BCUT2D eigenvalue weighted by Crippen LogP contribution is 2.61. The second-order valence-electron chi connectivity index (χ2n) is 9.35. The minimum absolute atomic E-state index is 0.206. The number of hydrogen-bond acceptors (Lipinski definition) is 2. The molecule has 26 heavy (non-hydrogen) atoms. The van der Waals surface area contributed by atoms with Crippen LogP contribution in [0.1, 0.15) is 55.2 Å². The highest BCUT2D eigenvalue weighted by Gasteiger charge is 2.51. The van der Waals surface area contributed by atoms with Crippen LogP contribution in [0.25, 0.3) is 11.1 Å². The molecule has 4 fully saturated rings. The number of rotatable bonds is 2. The minimum Gasteiger partial charge on any atom is -0.258 e. The van der Waals surface area contributed by atoms with Crippen LogP contribution < -0.4 is 0 Å². The van der Waals surface area contributed by atoms with Crippen molar-refractivity contribution < 1.29 is 4.92 Å². The van der Waals surface area contributed by atoms with Gasteiger partial charge in [0.1, 0.15) is 0 Å². The van der Waals surface area contributed by atoms with Gasteiger partial charge >= 0.3 is 0 Å². The zero-order valence-electron chi connectivity index (χ0n) is 14.9. The van der Waals surface area contributed by atoms with Crippen molar-refractivity contribution in [3.8, 4) is 11.1 Å². The molecule has 2 aromatic carbocycles. The van der Waals surface area contributed by atoms with Crippen LogP contribution in [-0.4, -0.2) is 4.92 Å². The first-order chi connectivity index (χ1) is 12.6. The molecule has 0 heterocycles. The lowest BCUT2D eigenvalue weighted by molar-refractivity contribution is -0.384. The van der Waals surface area contributed by atoms with Crippen molar-refractivity contribution >= 4 is 5.69 Å². The fraction of sp³-hybridized carbons (Fsp3) is 0.478. The first-order valence-electron chi connectivity index (χ1n) is 10.0. The van der Waals surface area contributed by atoms with Crippen LogP contribution in [0.15, 0.2) is 36.4 Å². The Morgan fingerprint density at radius 2 is 1.42 bits per heavy atom. The van der Waals surface area contributed by atoms with Gasteiger partial charge < -0.3 is 0 Å². The summed E-state index contributed by atoms with van der Waals surface area (Å²) < 4.78 is 0. The van der Waals surface area contributed by atoms with E-state index in [1.807, 2.05) is 6.07 Å². The molecule has 0 saturated heterocycles. The normalized spacial score (nSPS) is 33.2. The molecular formula is C23H23NO2. The molecule has 5 aliphatic rings. The molecule has 0 spiro atoms. The smallest absolute Gasteiger partial charge is 0.258 e. The van der Waals surface area contributed by atoms with Crippen molar-refractivity contribution in [1.82, 2.24) is 0 Å². The lowest BCUT2D eigenvalue weighted by atomic mass is 9.48. The van der Waals surface area contributed by atoms with E-state index in [4.69, 9.17) is 0 Å². The molecule has 0 radical (unpaired) electrons. The van der Waals surface area contributed by atoms with E-state index in [0.717, 1.165) is 29.7 Å². The van der Waals surface area contributed by atoms with Crippen LogP contribution in [0.3, 0.4) is 0 Å². The van der Waals surface area contributed by atoms with Crippen molar-refractivity contribution in [1.29, 1.82) is 0 Å². The topological polar surface area (TPSA) is 43.1 Å². The molecule has 0 aliphatic heterocycles. The Balaban J connectivity index is 1.39. The van der Waals surface area contributed by atoms with Gasteiger partial charge in [-0.3, -0.25) is 10.1 Å². The van der Waals surface area contributed by atoms with Gasteiger partial charge in [-0.2, -0.15) is 0 Å². The highest BCUT2D eigenvalue weighted by atomic mass is 16.6. The Kier molecular flexibility index (Phi) is 2.86. The standard InChI is InChI=1S/C23H23NO2/c25-24(26)20-2-4-22-18(10-20)8-17-9-19(1-3-21(17)22)23-11-14-5-15(12-23)7-16(6-14)13-23/h1-4,9-10,14-16H,5-8,11-13H2. The van der Waals surface area contributed by atoms with E-state index in [1.165, 1.54) is 55.2 Å². The number of fused-ring (bicyclic) bond motifs is 3. The van der Waals surface area contributed by atoms with Gasteiger partial charge in [0.2, 0.25) is 0 Å². The van der Waals surface area contributed by atoms with E-state index in [0.29, 0.717) is 5.41 Å². The molecule has 7 rings (SSSR count). The minimum atomic E-state index is -0.288. The zero-order chi connectivity index (χ0) is 17.5. The maximum absolute atomic E-state index is 11.1. The second-order valence-corrected chi connectivity index (χ2v) is 9.35. The van der Waals surface area contributed by atoms with Gasteiger partial charge in [-0.05, 0) is 102 Å². The van der Waals surface area contributed by atoms with Crippen molar-refractivity contribution in [3.63, 3.8) is 0 Å². The predicted molar refractivity (Wildman–Crippen MR) is 101 cm³/mol. The van der Waals surface area contributed by atoms with Gasteiger partial charge in [-0.15, -0.1) is 0 Å². The predicted octanol–water partition coefficient (Wildman–Crippen LogP) is 5.63. The van der Waals surface area contributed by atoms with Crippen LogP contribution in [0.4, 0.5) is 5.69 Å². The Labute approximate surface area is 153 Å². The SMILES string of the molecule is O=[N+]([O-])c1ccc2c(c1)Cc1cc(C34CC5CC(CC(C5)C3)C4)ccc1-2. The lowest BCUT2D eigenvalue weighted by Gasteiger charge is -2.57. The van der Waals surface area contributed by atoms with Crippen LogP contribution >= 0.6 is 0 Å². The summed E-state index contributed by atoms with van der Waals surface area (Å²) in [5, 5.41) is 11.1. The summed E-state index contributed by atoms with van der Waals surface area (Å²) in [4.78, 5) is 10.8. The van der Waals surface area contributed by atoms with Crippen molar-refractivity contribution in [2.24, 2.45) is 17.8 Å². The highest BCUT2D eigenvalue weighted by molar-refractivity contribution is 5.78. The Morgan fingerprint density at radius 3 is 2.04 bits per heavy atom. The van der Waals surface area contributed by atoms with Crippen LogP contribution in [0, 0.1) is 27.9 Å². The van der Waals surface area contributed by atoms with Gasteiger partial charge in [0.15, 0.2) is 0 Å². The monoisotopic (exact) mass is 345 g/mol. The molecule has 132 valence electrons. The Hall–Kier alpha value is -2.16. The quantitative estimate of drug-likeness (QED) is 0.446.